The van der Waals surface area contributed by atoms with E-state index in [9.17, 15) is 13.3 Å². The quantitative estimate of drug-likeness (QED) is 0.154. The molecule has 0 bridgehead atoms. The number of imidazole rings is 1. The summed E-state index contributed by atoms with van der Waals surface area (Å²) in [4.78, 5) is 9.17. The van der Waals surface area contributed by atoms with Gasteiger partial charge in [-0.25, -0.2) is 4.98 Å². The number of rotatable bonds is 8. The number of benzene rings is 6. The Kier molecular flexibility index (Phi) is 6.05. The molecule has 366 valence electrons. The maximum atomic E-state index is 13.2. The molecule has 70 heavy (non-hydrogen) atoms. The number of hydrogen-bond acceptors (Lipinski definition) is 3. The molecule has 8 aromatic rings. The third kappa shape index (κ3) is 10.6. The summed E-state index contributed by atoms with van der Waals surface area (Å²) in [6.45, 7) is -29.4. The SMILES string of the molecule is [2H]c1nc(-c2[c-]c(-c3cccc4c3nc(-c3cc(C(C([2H])([2H])[2H])(C([2H])([2H])[2H])C([2H])([2H])[2H])cc(C(C([2H])([2H])[2H])(C([2H])([2H])[2H])C([2H])([2H])[2H])c3O)n4-c3ccc(-c4cc(C(C)C)cc(C([2H])(C)C)c4)cc3C([2H])([2H])[2H])cc(C(C)(C)C)c2)c([2H])c(-c2c([2H])c([2H])c(C(C([2H])([2H])[2H])(C([2H])([2H])[2H])C([2H])([2H])[2H])c([2H])c2[2H])c1[2H].[Pt]. The van der Waals surface area contributed by atoms with E-state index in [0.29, 0.717) is 22.8 Å². The van der Waals surface area contributed by atoms with Crippen molar-refractivity contribution in [1.82, 2.24) is 14.5 Å². The molecule has 5 heteroatoms. The zero-order valence-electron chi connectivity index (χ0n) is 77.2. The second-order valence-corrected chi connectivity index (χ2v) is 18.7. The molecule has 0 aliphatic heterocycles. The Labute approximate surface area is 487 Å². The van der Waals surface area contributed by atoms with Gasteiger partial charge in [0.1, 0.15) is 11.6 Å². The molecule has 0 saturated carbocycles. The fourth-order valence-corrected chi connectivity index (χ4v) is 7.87. The maximum Gasteiger partial charge on any atom is 0.148 e. The first-order chi connectivity index (χ1) is 47.9. The summed E-state index contributed by atoms with van der Waals surface area (Å²) < 4.78 is 336. The van der Waals surface area contributed by atoms with Gasteiger partial charge in [0.25, 0.3) is 0 Å². The van der Waals surface area contributed by atoms with Crippen LogP contribution in [0.3, 0.4) is 0 Å². The van der Waals surface area contributed by atoms with Crippen LogP contribution < -0.4 is 0 Å². The van der Waals surface area contributed by atoms with E-state index in [1.807, 2.05) is 19.9 Å². The molecule has 0 fully saturated rings. The molecule has 0 saturated heterocycles. The normalized spacial score (nSPS) is 22.5. The van der Waals surface area contributed by atoms with Gasteiger partial charge in [-0.3, -0.25) is 9.55 Å². The van der Waals surface area contributed by atoms with Crippen LogP contribution in [0.4, 0.5) is 0 Å². The number of phenolic OH excluding ortho intramolecular Hbond substituents is 1. The van der Waals surface area contributed by atoms with Crippen molar-refractivity contribution in [2.45, 2.75) is 150 Å². The number of para-hydroxylation sites is 1. The van der Waals surface area contributed by atoms with Crippen molar-refractivity contribution in [1.29, 1.82) is 0 Å². The third-order valence-corrected chi connectivity index (χ3v) is 11.8. The van der Waals surface area contributed by atoms with E-state index in [4.69, 9.17) is 48.8 Å². The molecule has 0 amide bonds. The summed E-state index contributed by atoms with van der Waals surface area (Å²) in [5.74, 6) is -3.96. The van der Waals surface area contributed by atoms with Crippen LogP contribution in [0.15, 0.2) is 121 Å². The average Bonchev–Trinajstić information content (AvgIpc) is 0.725. The van der Waals surface area contributed by atoms with E-state index in [1.54, 1.807) is 46.8 Å². The van der Waals surface area contributed by atoms with E-state index in [0.717, 1.165) is 10.1 Å². The molecule has 2 heterocycles. The molecule has 0 unspecified atom stereocenters. The number of hydrogen-bond donors (Lipinski definition) is 1. The molecule has 0 atom stereocenters. The van der Waals surface area contributed by atoms with Gasteiger partial charge in [0.2, 0.25) is 0 Å². The number of aryl methyl sites for hydroxylation is 1. The van der Waals surface area contributed by atoms with Gasteiger partial charge in [0.05, 0.1) is 31.9 Å². The standard InChI is InChI=1S/C65H74N3O.Pt/c1-39(2)45-30-46(40(3)4)32-47(31-45)43-23-26-57(41(5)29-43)68-58-20-18-19-53(59(58)67-61(68)54-37-52(64(12,13)14)38-55(60(54)69)65(15,16)17)48-33-49(35-51(34-48)63(9,10)11)56-36-44(27-28-66-56)42-21-24-50(25-22-42)62(6,7)8;/h18-32,34-40,69H,1-17H3;/q-1;/i5D3,6D3,7D3,8D3,12D3,13D3,14D3,15D3,16D3,17D3,21D,22D,24D,25D,27D,28D,36D,39D;. The first-order valence-corrected chi connectivity index (χ1v) is 21.8. The van der Waals surface area contributed by atoms with Gasteiger partial charge < -0.3 is 5.11 Å². The van der Waals surface area contributed by atoms with Crippen LogP contribution in [0.2, 0.25) is 0 Å². The van der Waals surface area contributed by atoms with Crippen LogP contribution in [-0.4, -0.2) is 19.6 Å². The van der Waals surface area contributed by atoms with Crippen molar-refractivity contribution >= 4 is 11.0 Å². The molecule has 0 spiro atoms. The molecule has 0 radical (unpaired) electrons. The van der Waals surface area contributed by atoms with E-state index in [1.165, 1.54) is 48.5 Å². The first-order valence-electron chi connectivity index (χ1n) is 40.8. The zero-order valence-corrected chi connectivity index (χ0v) is 41.5. The predicted molar refractivity (Wildman–Crippen MR) is 294 cm³/mol. The maximum absolute atomic E-state index is 13.2. The minimum atomic E-state index is -4.41. The summed E-state index contributed by atoms with van der Waals surface area (Å²) in [5.41, 5.74) is -22.3. The second-order valence-electron chi connectivity index (χ2n) is 18.7. The van der Waals surface area contributed by atoms with Crippen molar-refractivity contribution in [3.63, 3.8) is 0 Å². The number of fused-ring (bicyclic) bond motifs is 1. The summed E-state index contributed by atoms with van der Waals surface area (Å²) >= 11 is 0. The molecule has 0 aliphatic carbocycles. The van der Waals surface area contributed by atoms with Crippen LogP contribution in [0.5, 0.6) is 5.75 Å². The molecular formula is C65H74N3OPt-. The second kappa shape index (κ2) is 19.2. The smallest absolute Gasteiger partial charge is 0.148 e. The van der Waals surface area contributed by atoms with Crippen molar-refractivity contribution in [2.75, 3.05) is 0 Å². The molecule has 1 N–H and O–H groups in total. The van der Waals surface area contributed by atoms with Gasteiger partial charge in [0.15, 0.2) is 0 Å². The monoisotopic (exact) mass is 1150 g/mol. The van der Waals surface area contributed by atoms with Crippen LogP contribution >= 0.6 is 0 Å². The molecule has 6 aromatic carbocycles. The van der Waals surface area contributed by atoms with Crippen LogP contribution in [-0.2, 0) is 42.7 Å². The topological polar surface area (TPSA) is 50.9 Å². The van der Waals surface area contributed by atoms with Crippen LogP contribution in [0, 0.1) is 12.9 Å². The number of phenols is 1. The van der Waals surface area contributed by atoms with E-state index in [-0.39, 0.29) is 66.3 Å². The Balaban J connectivity index is 0.0000162. The average molecular weight is 1150 g/mol. The van der Waals surface area contributed by atoms with Gasteiger partial charge >= 0.3 is 0 Å². The Bertz CT molecular complexity index is 4690. The number of pyridine rings is 1. The van der Waals surface area contributed by atoms with E-state index in [2.05, 4.69) is 11.1 Å². The van der Waals surface area contributed by atoms with Crippen LogP contribution in [0.1, 0.15) is 213 Å². The van der Waals surface area contributed by atoms with Crippen molar-refractivity contribution in [3.8, 4) is 67.5 Å². The van der Waals surface area contributed by atoms with Crippen LogP contribution in [0.25, 0.3) is 72.7 Å². The molecule has 2 aromatic heterocycles. The summed E-state index contributed by atoms with van der Waals surface area (Å²) in [6.07, 6.45) is -1.01. The molecular weight excluding hydrogens is 1030 g/mol. The minimum Gasteiger partial charge on any atom is -0.507 e. The van der Waals surface area contributed by atoms with E-state index >= 15 is 0 Å². The van der Waals surface area contributed by atoms with Gasteiger partial charge in [0, 0.05) is 81.0 Å². The zero-order chi connectivity index (χ0) is 82.1. The first kappa shape index (κ1) is 22.0. The molecule has 0 aliphatic rings. The largest absolute Gasteiger partial charge is 0.507 e. The predicted octanol–water partition coefficient (Wildman–Crippen LogP) is 18.0. The van der Waals surface area contributed by atoms with Crippen molar-refractivity contribution in [3.05, 3.63) is 166 Å². The fourth-order valence-electron chi connectivity index (χ4n) is 7.87. The molecule has 8 rings (SSSR count). The Hall–Kier alpha value is -5.57. The summed E-state index contributed by atoms with van der Waals surface area (Å²) in [6, 6.07) is 12.0. The minimum absolute atomic E-state index is 0. The third-order valence-electron chi connectivity index (χ3n) is 11.8. The van der Waals surface area contributed by atoms with Gasteiger partial charge in [-0.05, 0) is 121 Å². The van der Waals surface area contributed by atoms with Crippen molar-refractivity contribution in [2.24, 2.45) is 0 Å². The Morgan fingerprint density at radius 2 is 1.31 bits per heavy atom. The number of nitrogens with zero attached hydrogens (tertiary/aromatic N) is 3. The molecule has 4 nitrogen and oxygen atoms in total. The number of aromatic hydroxyl groups is 1. The van der Waals surface area contributed by atoms with Crippen molar-refractivity contribution < 1.29 is 78.3 Å². The van der Waals surface area contributed by atoms with E-state index < -0.39 is 200 Å². The summed E-state index contributed by atoms with van der Waals surface area (Å²) in [5, 5.41) is 13.2. The Morgan fingerprint density at radius 3 is 1.97 bits per heavy atom. The Morgan fingerprint density at radius 1 is 0.643 bits per heavy atom. The fraction of sp³-hybridized carbons (Fsp3) is 0.354. The summed E-state index contributed by atoms with van der Waals surface area (Å²) in [7, 11) is 0. The number of aromatic nitrogens is 3. The van der Waals surface area contributed by atoms with Gasteiger partial charge in [-0.2, -0.15) is 0 Å². The van der Waals surface area contributed by atoms with Gasteiger partial charge in [-0.15, -0.1) is 29.3 Å². The van der Waals surface area contributed by atoms with Gasteiger partial charge in [-0.1, -0.05) is 194 Å².